The van der Waals surface area contributed by atoms with Gasteiger partial charge in [0.1, 0.15) is 5.75 Å². The van der Waals surface area contributed by atoms with Crippen molar-refractivity contribution in [3.8, 4) is 22.9 Å². The lowest BCUT2D eigenvalue weighted by atomic mass is 10.0. The first kappa shape index (κ1) is 17.8. The van der Waals surface area contributed by atoms with Crippen LogP contribution in [-0.2, 0) is 0 Å². The highest BCUT2D eigenvalue weighted by Gasteiger charge is 2.06. The second kappa shape index (κ2) is 7.55. The third-order valence-corrected chi connectivity index (χ3v) is 4.61. The van der Waals surface area contributed by atoms with Crippen LogP contribution in [0.25, 0.3) is 22.0 Å². The Bertz CT molecular complexity index is 1220. The molecule has 5 nitrogen and oxygen atoms in total. The van der Waals surface area contributed by atoms with E-state index in [0.29, 0.717) is 22.3 Å². The summed E-state index contributed by atoms with van der Waals surface area (Å²) in [5, 5.41) is 13.7. The summed E-state index contributed by atoms with van der Waals surface area (Å²) in [6.45, 7) is 0. The molecule has 1 aromatic heterocycles. The Morgan fingerprint density at radius 3 is 2.68 bits per heavy atom. The van der Waals surface area contributed by atoms with Crippen molar-refractivity contribution in [1.82, 2.24) is 9.97 Å². The number of nitrogens with zero attached hydrogens (tertiary/aromatic N) is 3. The number of ether oxygens (including phenoxy) is 1. The van der Waals surface area contributed by atoms with Crippen molar-refractivity contribution >= 4 is 34.1 Å². The van der Waals surface area contributed by atoms with Crippen LogP contribution in [0.2, 0.25) is 5.02 Å². The van der Waals surface area contributed by atoms with Gasteiger partial charge in [-0.15, -0.1) is 0 Å². The van der Waals surface area contributed by atoms with Gasteiger partial charge in [0.05, 0.1) is 29.3 Å². The van der Waals surface area contributed by atoms with Crippen molar-refractivity contribution < 1.29 is 4.74 Å². The minimum absolute atomic E-state index is 0.480. The average molecular weight is 387 g/mol. The number of nitrogens with one attached hydrogen (secondary N) is 1. The zero-order valence-electron chi connectivity index (χ0n) is 15.0. The van der Waals surface area contributed by atoms with Crippen molar-refractivity contribution in [3.05, 3.63) is 77.4 Å². The molecule has 28 heavy (non-hydrogen) atoms. The van der Waals surface area contributed by atoms with Gasteiger partial charge in [-0.2, -0.15) is 5.26 Å². The highest BCUT2D eigenvalue weighted by molar-refractivity contribution is 6.32. The van der Waals surface area contributed by atoms with Crippen molar-refractivity contribution in [3.63, 3.8) is 0 Å². The van der Waals surface area contributed by atoms with E-state index < -0.39 is 0 Å². The minimum atomic E-state index is 0.480. The molecule has 0 amide bonds. The van der Waals surface area contributed by atoms with E-state index >= 15 is 0 Å². The van der Waals surface area contributed by atoms with Crippen LogP contribution in [0.3, 0.4) is 0 Å². The summed E-state index contributed by atoms with van der Waals surface area (Å²) in [6.07, 6.45) is 1.77. The van der Waals surface area contributed by atoms with Crippen LogP contribution >= 0.6 is 11.6 Å². The molecule has 4 rings (SSSR count). The topological polar surface area (TPSA) is 70.8 Å². The third kappa shape index (κ3) is 3.59. The Morgan fingerprint density at radius 1 is 1.04 bits per heavy atom. The number of benzene rings is 3. The monoisotopic (exact) mass is 386 g/mol. The fraction of sp³-hybridized carbons (Fsp3) is 0.0455. The molecule has 0 radical (unpaired) electrons. The molecule has 0 aliphatic carbocycles. The SMILES string of the molecule is COc1ccc(Nc2ncc3cc(-c4cccc(C#N)c4)ccc3n2)cc1Cl. The molecule has 0 saturated carbocycles. The summed E-state index contributed by atoms with van der Waals surface area (Å²) in [4.78, 5) is 8.96. The average Bonchev–Trinajstić information content (AvgIpc) is 2.73. The number of rotatable bonds is 4. The zero-order valence-corrected chi connectivity index (χ0v) is 15.7. The van der Waals surface area contributed by atoms with Gasteiger partial charge in [0.2, 0.25) is 5.95 Å². The summed E-state index contributed by atoms with van der Waals surface area (Å²) in [7, 11) is 1.57. The van der Waals surface area contributed by atoms with Crippen molar-refractivity contribution in [1.29, 1.82) is 5.26 Å². The molecule has 1 N–H and O–H groups in total. The molecule has 3 aromatic carbocycles. The van der Waals surface area contributed by atoms with Crippen molar-refractivity contribution in [2.45, 2.75) is 0 Å². The highest BCUT2D eigenvalue weighted by atomic mass is 35.5. The largest absolute Gasteiger partial charge is 0.495 e. The Hall–Kier alpha value is -3.62. The maximum absolute atomic E-state index is 9.09. The Kier molecular flexibility index (Phi) is 4.79. The van der Waals surface area contributed by atoms with Crippen LogP contribution in [-0.4, -0.2) is 17.1 Å². The second-order valence-corrected chi connectivity index (χ2v) is 6.54. The molecule has 6 heteroatoms. The standard InChI is InChI=1S/C22H15ClN4O/c1-28-21-8-6-18(11-19(21)23)26-22-25-13-17-10-16(5-7-20(17)27-22)15-4-2-3-14(9-15)12-24/h2-11,13H,1H3,(H,25,26,27). The van der Waals surface area contributed by atoms with Gasteiger partial charge < -0.3 is 10.1 Å². The summed E-state index contributed by atoms with van der Waals surface area (Å²) in [6, 6.07) is 21.0. The molecule has 136 valence electrons. The summed E-state index contributed by atoms with van der Waals surface area (Å²) < 4.78 is 5.16. The van der Waals surface area contributed by atoms with Crippen LogP contribution in [0.1, 0.15) is 5.56 Å². The quantitative estimate of drug-likeness (QED) is 0.496. The van der Waals surface area contributed by atoms with Crippen LogP contribution in [0.4, 0.5) is 11.6 Å². The third-order valence-electron chi connectivity index (χ3n) is 4.31. The Labute approximate surface area is 167 Å². The zero-order chi connectivity index (χ0) is 19.5. The van der Waals surface area contributed by atoms with Crippen LogP contribution in [0.15, 0.2) is 66.9 Å². The Morgan fingerprint density at radius 2 is 1.89 bits per heavy atom. The van der Waals surface area contributed by atoms with Crippen molar-refractivity contribution in [2.75, 3.05) is 12.4 Å². The number of nitriles is 1. The number of fused-ring (bicyclic) bond motifs is 1. The second-order valence-electron chi connectivity index (χ2n) is 6.13. The number of methoxy groups -OCH3 is 1. The molecule has 0 unspecified atom stereocenters. The molecule has 0 spiro atoms. The van der Waals surface area contributed by atoms with Crippen molar-refractivity contribution in [2.24, 2.45) is 0 Å². The van der Waals surface area contributed by atoms with Gasteiger partial charge in [-0.25, -0.2) is 9.97 Å². The molecule has 0 aliphatic heterocycles. The number of hydrogen-bond donors (Lipinski definition) is 1. The molecule has 0 fully saturated rings. The first-order valence-electron chi connectivity index (χ1n) is 8.54. The van der Waals surface area contributed by atoms with Gasteiger partial charge in [-0.3, -0.25) is 0 Å². The van der Waals surface area contributed by atoms with Gasteiger partial charge in [-0.05, 0) is 53.6 Å². The van der Waals surface area contributed by atoms with Gasteiger partial charge in [0, 0.05) is 17.3 Å². The van der Waals surface area contributed by atoms with Crippen LogP contribution < -0.4 is 10.1 Å². The maximum Gasteiger partial charge on any atom is 0.227 e. The van der Waals surface area contributed by atoms with E-state index in [1.165, 1.54) is 0 Å². The molecule has 0 saturated heterocycles. The van der Waals surface area contributed by atoms with E-state index in [1.807, 2.05) is 42.5 Å². The molecule has 0 bridgehead atoms. The Balaban J connectivity index is 1.63. The molecule has 1 heterocycles. The first-order chi connectivity index (χ1) is 13.7. The van der Waals surface area contributed by atoms with Gasteiger partial charge in [0.25, 0.3) is 0 Å². The van der Waals surface area contributed by atoms with Gasteiger partial charge in [-0.1, -0.05) is 29.8 Å². The predicted octanol–water partition coefficient (Wildman–Crippen LogP) is 5.57. The highest BCUT2D eigenvalue weighted by Crippen LogP contribution is 2.29. The molecule has 0 atom stereocenters. The van der Waals surface area contributed by atoms with Gasteiger partial charge >= 0.3 is 0 Å². The van der Waals surface area contributed by atoms with E-state index in [1.54, 1.807) is 31.5 Å². The van der Waals surface area contributed by atoms with Crippen LogP contribution in [0.5, 0.6) is 5.75 Å². The first-order valence-corrected chi connectivity index (χ1v) is 8.92. The van der Waals surface area contributed by atoms with Crippen LogP contribution in [0, 0.1) is 11.3 Å². The summed E-state index contributed by atoms with van der Waals surface area (Å²) >= 11 is 6.16. The summed E-state index contributed by atoms with van der Waals surface area (Å²) in [5.41, 5.74) is 4.21. The predicted molar refractivity (Wildman–Crippen MR) is 111 cm³/mol. The molecular weight excluding hydrogens is 372 g/mol. The van der Waals surface area contributed by atoms with E-state index in [2.05, 4.69) is 21.4 Å². The number of hydrogen-bond acceptors (Lipinski definition) is 5. The van der Waals surface area contributed by atoms with E-state index in [0.717, 1.165) is 27.7 Å². The van der Waals surface area contributed by atoms with Gasteiger partial charge in [0.15, 0.2) is 0 Å². The minimum Gasteiger partial charge on any atom is -0.495 e. The smallest absolute Gasteiger partial charge is 0.227 e. The maximum atomic E-state index is 9.09. The lowest BCUT2D eigenvalue weighted by Gasteiger charge is -2.09. The fourth-order valence-electron chi connectivity index (χ4n) is 2.91. The summed E-state index contributed by atoms with van der Waals surface area (Å²) in [5.74, 6) is 1.09. The lowest BCUT2D eigenvalue weighted by molar-refractivity contribution is 0.415. The number of aromatic nitrogens is 2. The lowest BCUT2D eigenvalue weighted by Crippen LogP contribution is -1.97. The molecule has 0 aliphatic rings. The van der Waals surface area contributed by atoms with E-state index in [-0.39, 0.29) is 0 Å². The normalized spacial score (nSPS) is 10.5. The number of halogens is 1. The van der Waals surface area contributed by atoms with E-state index in [4.69, 9.17) is 21.6 Å². The fourth-order valence-corrected chi connectivity index (χ4v) is 3.17. The van der Waals surface area contributed by atoms with E-state index in [9.17, 15) is 0 Å². The number of anilines is 2. The molecule has 4 aromatic rings. The molecular formula is C22H15ClN4O.